The van der Waals surface area contributed by atoms with E-state index in [1.807, 2.05) is 56.3 Å². The van der Waals surface area contributed by atoms with Gasteiger partial charge in [-0.25, -0.2) is 4.79 Å². The molecule has 0 unspecified atom stereocenters. The summed E-state index contributed by atoms with van der Waals surface area (Å²) in [5.41, 5.74) is 3.10. The third kappa shape index (κ3) is 3.81. The van der Waals surface area contributed by atoms with Gasteiger partial charge in [0, 0.05) is 6.08 Å². The fourth-order valence-electron chi connectivity index (χ4n) is 1.77. The molecule has 2 nitrogen and oxygen atoms in total. The summed E-state index contributed by atoms with van der Waals surface area (Å²) < 4.78 is 6.04. The Bertz CT molecular complexity index is 641. The van der Waals surface area contributed by atoms with Crippen molar-refractivity contribution in [1.82, 2.24) is 0 Å². The molecule has 0 spiro atoms. The van der Waals surface area contributed by atoms with Gasteiger partial charge in [0.2, 0.25) is 0 Å². The zero-order valence-electron chi connectivity index (χ0n) is 11.4. The first kappa shape index (κ1) is 14.5. The number of carbonyl (C=O) groups is 1. The molecule has 0 amide bonds. The SMILES string of the molecule is CC(C)=CC(=O)Oc1ccc(-c2ccccc2)cc1Br. The lowest BCUT2D eigenvalue weighted by Crippen LogP contribution is -2.04. The third-order valence-electron chi connectivity index (χ3n) is 2.66. The van der Waals surface area contributed by atoms with Crippen molar-refractivity contribution >= 4 is 21.9 Å². The molecule has 0 radical (unpaired) electrons. The molecule has 0 aromatic heterocycles. The second-order valence-corrected chi connectivity index (χ2v) is 5.51. The summed E-state index contributed by atoms with van der Waals surface area (Å²) in [7, 11) is 0. The van der Waals surface area contributed by atoms with E-state index in [0.29, 0.717) is 5.75 Å². The number of hydrogen-bond donors (Lipinski definition) is 0. The lowest BCUT2D eigenvalue weighted by molar-refractivity contribution is -0.129. The second kappa shape index (κ2) is 6.53. The van der Waals surface area contributed by atoms with Crippen molar-refractivity contribution in [1.29, 1.82) is 0 Å². The number of ether oxygens (including phenoxy) is 1. The average Bonchev–Trinajstić information content (AvgIpc) is 2.41. The van der Waals surface area contributed by atoms with Gasteiger partial charge in [-0.2, -0.15) is 0 Å². The normalized spacial score (nSPS) is 9.95. The Hall–Kier alpha value is -1.87. The van der Waals surface area contributed by atoms with Crippen LogP contribution in [0.1, 0.15) is 13.8 Å². The Labute approximate surface area is 127 Å². The number of rotatable bonds is 3. The molecule has 102 valence electrons. The second-order valence-electron chi connectivity index (χ2n) is 4.65. The molecule has 20 heavy (non-hydrogen) atoms. The molecule has 0 aliphatic carbocycles. The fraction of sp³-hybridized carbons (Fsp3) is 0.118. The molecule has 0 fully saturated rings. The van der Waals surface area contributed by atoms with Gasteiger partial charge in [0.25, 0.3) is 0 Å². The van der Waals surface area contributed by atoms with E-state index in [-0.39, 0.29) is 5.97 Å². The molecule has 3 heteroatoms. The van der Waals surface area contributed by atoms with Crippen LogP contribution in [0.3, 0.4) is 0 Å². The minimum absolute atomic E-state index is 0.363. The topological polar surface area (TPSA) is 26.3 Å². The lowest BCUT2D eigenvalue weighted by atomic mass is 10.1. The number of halogens is 1. The highest BCUT2D eigenvalue weighted by Crippen LogP contribution is 2.30. The molecular weight excluding hydrogens is 316 g/mol. The van der Waals surface area contributed by atoms with Crippen LogP contribution in [0.4, 0.5) is 0 Å². The molecule has 0 heterocycles. The molecule has 2 rings (SSSR count). The van der Waals surface area contributed by atoms with Crippen LogP contribution in [0, 0.1) is 0 Å². The third-order valence-corrected chi connectivity index (χ3v) is 3.28. The average molecular weight is 331 g/mol. The van der Waals surface area contributed by atoms with Gasteiger partial charge < -0.3 is 4.74 Å². The predicted octanol–water partition coefficient (Wildman–Crippen LogP) is 4.99. The zero-order chi connectivity index (χ0) is 14.5. The minimum atomic E-state index is -0.363. The van der Waals surface area contributed by atoms with Crippen LogP contribution >= 0.6 is 15.9 Å². The molecule has 0 aliphatic heterocycles. The fourth-order valence-corrected chi connectivity index (χ4v) is 2.23. The maximum atomic E-state index is 11.6. The molecule has 2 aromatic carbocycles. The number of carbonyl (C=O) groups excluding carboxylic acids is 1. The summed E-state index contributed by atoms with van der Waals surface area (Å²) in [5.74, 6) is 0.158. The minimum Gasteiger partial charge on any atom is -0.422 e. The Morgan fingerprint density at radius 3 is 2.35 bits per heavy atom. The van der Waals surface area contributed by atoms with Gasteiger partial charge in [-0.1, -0.05) is 42.0 Å². The number of hydrogen-bond acceptors (Lipinski definition) is 2. The van der Waals surface area contributed by atoms with Crippen molar-refractivity contribution in [2.75, 3.05) is 0 Å². The highest BCUT2D eigenvalue weighted by atomic mass is 79.9. The van der Waals surface area contributed by atoms with Crippen molar-refractivity contribution in [3.05, 3.63) is 64.7 Å². The highest BCUT2D eigenvalue weighted by molar-refractivity contribution is 9.10. The summed E-state index contributed by atoms with van der Waals surface area (Å²) >= 11 is 3.44. The molecular formula is C17H15BrO2. The first-order valence-corrected chi connectivity index (χ1v) is 7.07. The van der Waals surface area contributed by atoms with Crippen LogP contribution in [-0.4, -0.2) is 5.97 Å². The van der Waals surface area contributed by atoms with Crippen molar-refractivity contribution in [3.8, 4) is 16.9 Å². The molecule has 0 bridgehead atoms. The van der Waals surface area contributed by atoms with Crippen LogP contribution in [-0.2, 0) is 4.79 Å². The van der Waals surface area contributed by atoms with Crippen LogP contribution in [0.15, 0.2) is 64.7 Å². The van der Waals surface area contributed by atoms with E-state index >= 15 is 0 Å². The molecule has 0 saturated heterocycles. The monoisotopic (exact) mass is 330 g/mol. The summed E-state index contributed by atoms with van der Waals surface area (Å²) in [6.07, 6.45) is 1.47. The van der Waals surface area contributed by atoms with Crippen LogP contribution in [0.2, 0.25) is 0 Å². The van der Waals surface area contributed by atoms with Crippen molar-refractivity contribution in [2.45, 2.75) is 13.8 Å². The standard InChI is InChI=1S/C17H15BrO2/c1-12(2)10-17(19)20-16-9-8-14(11-15(16)18)13-6-4-3-5-7-13/h3-11H,1-2H3. The van der Waals surface area contributed by atoms with Crippen LogP contribution in [0.5, 0.6) is 5.75 Å². The largest absolute Gasteiger partial charge is 0.422 e. The van der Waals surface area contributed by atoms with Crippen molar-refractivity contribution in [2.24, 2.45) is 0 Å². The Kier molecular flexibility index (Phi) is 4.74. The Morgan fingerprint density at radius 1 is 1.05 bits per heavy atom. The molecule has 0 aliphatic rings. The van der Waals surface area contributed by atoms with E-state index in [2.05, 4.69) is 15.9 Å². The van der Waals surface area contributed by atoms with Crippen LogP contribution in [0.25, 0.3) is 11.1 Å². The summed E-state index contributed by atoms with van der Waals surface area (Å²) in [5, 5.41) is 0. The van der Waals surface area contributed by atoms with Gasteiger partial charge >= 0.3 is 5.97 Å². The molecule has 0 saturated carbocycles. The maximum Gasteiger partial charge on any atom is 0.336 e. The van der Waals surface area contributed by atoms with Gasteiger partial charge in [0.15, 0.2) is 0 Å². The van der Waals surface area contributed by atoms with E-state index in [1.54, 1.807) is 6.07 Å². The van der Waals surface area contributed by atoms with Crippen LogP contribution < -0.4 is 4.74 Å². The van der Waals surface area contributed by atoms with Crippen molar-refractivity contribution < 1.29 is 9.53 Å². The first-order valence-electron chi connectivity index (χ1n) is 6.28. The van der Waals surface area contributed by atoms with Gasteiger partial charge in [0.1, 0.15) is 5.75 Å². The van der Waals surface area contributed by atoms with Gasteiger partial charge in [-0.15, -0.1) is 0 Å². The lowest BCUT2D eigenvalue weighted by Gasteiger charge is -2.07. The van der Waals surface area contributed by atoms with E-state index in [4.69, 9.17) is 4.74 Å². The molecule has 0 atom stereocenters. The number of allylic oxidation sites excluding steroid dienone is 1. The molecule has 2 aromatic rings. The number of esters is 1. The Balaban J connectivity index is 2.23. The van der Waals surface area contributed by atoms with Gasteiger partial charge in [-0.3, -0.25) is 0 Å². The maximum absolute atomic E-state index is 11.6. The summed E-state index contributed by atoms with van der Waals surface area (Å²) in [4.78, 5) is 11.6. The van der Waals surface area contributed by atoms with Gasteiger partial charge in [0.05, 0.1) is 4.47 Å². The van der Waals surface area contributed by atoms with Crippen molar-refractivity contribution in [3.63, 3.8) is 0 Å². The van der Waals surface area contributed by atoms with E-state index in [9.17, 15) is 4.79 Å². The van der Waals surface area contributed by atoms with Gasteiger partial charge in [-0.05, 0) is 53.0 Å². The highest BCUT2D eigenvalue weighted by Gasteiger charge is 2.07. The van der Waals surface area contributed by atoms with E-state index in [1.165, 1.54) is 6.08 Å². The van der Waals surface area contributed by atoms with E-state index < -0.39 is 0 Å². The smallest absolute Gasteiger partial charge is 0.336 e. The Morgan fingerprint density at radius 2 is 1.75 bits per heavy atom. The first-order chi connectivity index (χ1) is 9.56. The predicted molar refractivity (Wildman–Crippen MR) is 84.6 cm³/mol. The summed E-state index contributed by atoms with van der Waals surface area (Å²) in [6, 6.07) is 15.7. The number of benzene rings is 2. The van der Waals surface area contributed by atoms with E-state index in [0.717, 1.165) is 21.2 Å². The zero-order valence-corrected chi connectivity index (χ0v) is 13.0. The summed E-state index contributed by atoms with van der Waals surface area (Å²) in [6.45, 7) is 3.71. The molecule has 0 N–H and O–H groups in total. The quantitative estimate of drug-likeness (QED) is 0.450.